The first-order valence-corrected chi connectivity index (χ1v) is 9.08. The predicted octanol–water partition coefficient (Wildman–Crippen LogP) is 2.52. The molecule has 1 heterocycles. The second-order valence-electron chi connectivity index (χ2n) is 5.68. The summed E-state index contributed by atoms with van der Waals surface area (Å²) in [4.78, 5) is 30.7. The van der Waals surface area contributed by atoms with E-state index >= 15 is 0 Å². The smallest absolute Gasteiger partial charge is 0.375 e. The van der Waals surface area contributed by atoms with Crippen molar-refractivity contribution >= 4 is 23.4 Å². The van der Waals surface area contributed by atoms with Gasteiger partial charge in [0.1, 0.15) is 0 Å². The molecule has 27 heavy (non-hydrogen) atoms. The van der Waals surface area contributed by atoms with Crippen molar-refractivity contribution in [3.8, 4) is 0 Å². The molecule has 0 aliphatic rings. The number of anilines is 1. The van der Waals surface area contributed by atoms with Crippen LogP contribution in [0.15, 0.2) is 46.3 Å². The van der Waals surface area contributed by atoms with Gasteiger partial charge in [-0.25, -0.2) is 4.98 Å². The Hall–Kier alpha value is -2.49. The van der Waals surface area contributed by atoms with Gasteiger partial charge in [-0.05, 0) is 18.6 Å². The SMILES string of the molecule is CN(CCCNC(=O)CSc1nc(C(F)(F)F)cc(=O)[nH]1)c1ccccc1. The molecule has 1 aromatic carbocycles. The van der Waals surface area contributed by atoms with Crippen LogP contribution in [-0.4, -0.2) is 41.8 Å². The number of aromatic nitrogens is 2. The van der Waals surface area contributed by atoms with Crippen LogP contribution >= 0.6 is 11.8 Å². The molecule has 0 unspecified atom stereocenters. The lowest BCUT2D eigenvalue weighted by molar-refractivity contribution is -0.141. The lowest BCUT2D eigenvalue weighted by Crippen LogP contribution is -2.29. The molecule has 0 atom stereocenters. The van der Waals surface area contributed by atoms with E-state index in [1.807, 2.05) is 37.4 Å². The van der Waals surface area contributed by atoms with Gasteiger partial charge in [0.15, 0.2) is 10.9 Å². The van der Waals surface area contributed by atoms with Crippen LogP contribution in [0.3, 0.4) is 0 Å². The average Bonchev–Trinajstić information content (AvgIpc) is 2.63. The monoisotopic (exact) mass is 400 g/mol. The van der Waals surface area contributed by atoms with Crippen LogP contribution in [0.2, 0.25) is 0 Å². The molecule has 2 aromatic rings. The van der Waals surface area contributed by atoms with Crippen LogP contribution in [0.25, 0.3) is 0 Å². The minimum Gasteiger partial charge on any atom is -0.375 e. The molecule has 0 aliphatic carbocycles. The van der Waals surface area contributed by atoms with Crippen molar-refractivity contribution in [1.82, 2.24) is 15.3 Å². The van der Waals surface area contributed by atoms with E-state index in [9.17, 15) is 22.8 Å². The van der Waals surface area contributed by atoms with Crippen molar-refractivity contribution in [3.05, 3.63) is 52.4 Å². The number of H-pyrrole nitrogens is 1. The van der Waals surface area contributed by atoms with Crippen LogP contribution in [0.1, 0.15) is 12.1 Å². The summed E-state index contributed by atoms with van der Waals surface area (Å²) in [6.45, 7) is 1.17. The van der Waals surface area contributed by atoms with Crippen molar-refractivity contribution < 1.29 is 18.0 Å². The molecule has 2 rings (SSSR count). The van der Waals surface area contributed by atoms with Gasteiger partial charge in [-0.2, -0.15) is 13.2 Å². The summed E-state index contributed by atoms with van der Waals surface area (Å²) < 4.78 is 37.9. The molecule has 0 fully saturated rings. The van der Waals surface area contributed by atoms with Crippen molar-refractivity contribution in [1.29, 1.82) is 0 Å². The molecule has 146 valence electrons. The van der Waals surface area contributed by atoms with Gasteiger partial charge in [-0.1, -0.05) is 30.0 Å². The molecular weight excluding hydrogens is 381 g/mol. The van der Waals surface area contributed by atoms with Crippen LogP contribution in [-0.2, 0) is 11.0 Å². The topological polar surface area (TPSA) is 78.1 Å². The molecule has 0 saturated heterocycles. The molecule has 0 radical (unpaired) electrons. The number of carbonyl (C=O) groups is 1. The number of alkyl halides is 3. The number of halogens is 3. The van der Waals surface area contributed by atoms with Crippen molar-refractivity contribution in [2.75, 3.05) is 30.8 Å². The number of nitrogens with zero attached hydrogens (tertiary/aromatic N) is 2. The molecule has 0 spiro atoms. The Morgan fingerprint density at radius 2 is 2.00 bits per heavy atom. The molecule has 1 aromatic heterocycles. The average molecular weight is 400 g/mol. The molecule has 1 amide bonds. The number of aromatic amines is 1. The third-order valence-electron chi connectivity index (χ3n) is 3.54. The molecule has 10 heteroatoms. The van der Waals surface area contributed by atoms with Gasteiger partial charge in [-0.15, -0.1) is 0 Å². The highest BCUT2D eigenvalue weighted by Gasteiger charge is 2.33. The summed E-state index contributed by atoms with van der Waals surface area (Å²) in [5.74, 6) is -0.485. The number of amides is 1. The third kappa shape index (κ3) is 6.97. The van der Waals surface area contributed by atoms with Gasteiger partial charge in [0.25, 0.3) is 5.56 Å². The molecule has 2 N–H and O–H groups in total. The van der Waals surface area contributed by atoms with E-state index in [0.717, 1.165) is 24.0 Å². The minimum atomic E-state index is -4.71. The highest BCUT2D eigenvalue weighted by atomic mass is 32.2. The van der Waals surface area contributed by atoms with Gasteiger partial charge in [-0.3, -0.25) is 9.59 Å². The molecule has 6 nitrogen and oxygen atoms in total. The maximum atomic E-state index is 12.6. The summed E-state index contributed by atoms with van der Waals surface area (Å²) >= 11 is 0.745. The number of hydrogen-bond acceptors (Lipinski definition) is 5. The largest absolute Gasteiger partial charge is 0.433 e. The summed E-state index contributed by atoms with van der Waals surface area (Å²) in [6.07, 6.45) is -4.00. The quantitative estimate of drug-likeness (QED) is 0.405. The number of carbonyl (C=O) groups excluding carboxylic acids is 1. The zero-order chi connectivity index (χ0) is 19.9. The molecular formula is C17H19F3N4O2S. The lowest BCUT2D eigenvalue weighted by Gasteiger charge is -2.19. The second kappa shape index (κ2) is 9.45. The Morgan fingerprint density at radius 1 is 1.30 bits per heavy atom. The summed E-state index contributed by atoms with van der Waals surface area (Å²) in [7, 11) is 1.95. The van der Waals surface area contributed by atoms with Crippen molar-refractivity contribution in [2.24, 2.45) is 0 Å². The number of thioether (sulfide) groups is 1. The summed E-state index contributed by atoms with van der Waals surface area (Å²) in [5, 5.41) is 2.45. The van der Waals surface area contributed by atoms with E-state index in [2.05, 4.69) is 20.2 Å². The Bertz CT molecular complexity index is 812. The first kappa shape index (κ1) is 20.8. The van der Waals surface area contributed by atoms with E-state index < -0.39 is 17.4 Å². The number of nitrogens with one attached hydrogen (secondary N) is 2. The Balaban J connectivity index is 1.74. The normalized spacial score (nSPS) is 11.3. The predicted molar refractivity (Wildman–Crippen MR) is 97.9 cm³/mol. The van der Waals surface area contributed by atoms with Gasteiger partial charge in [0, 0.05) is 31.9 Å². The van der Waals surface area contributed by atoms with Crippen molar-refractivity contribution in [2.45, 2.75) is 17.8 Å². The van der Waals surface area contributed by atoms with Crippen LogP contribution in [0, 0.1) is 0 Å². The maximum Gasteiger partial charge on any atom is 0.433 e. The van der Waals surface area contributed by atoms with Gasteiger partial charge in [0.05, 0.1) is 5.75 Å². The van der Waals surface area contributed by atoms with E-state index in [-0.39, 0.29) is 16.8 Å². The number of rotatable bonds is 8. The third-order valence-corrected chi connectivity index (χ3v) is 4.41. The number of benzene rings is 1. The number of hydrogen-bond donors (Lipinski definition) is 2. The lowest BCUT2D eigenvalue weighted by atomic mass is 10.3. The fourth-order valence-corrected chi connectivity index (χ4v) is 2.89. The van der Waals surface area contributed by atoms with E-state index in [1.54, 1.807) is 0 Å². The first-order valence-electron chi connectivity index (χ1n) is 8.10. The van der Waals surface area contributed by atoms with Gasteiger partial charge >= 0.3 is 6.18 Å². The summed E-state index contributed by atoms with van der Waals surface area (Å²) in [5.41, 5.74) is -1.12. The van der Waals surface area contributed by atoms with Gasteiger partial charge < -0.3 is 15.2 Å². The van der Waals surface area contributed by atoms with E-state index in [0.29, 0.717) is 19.0 Å². The van der Waals surface area contributed by atoms with E-state index in [1.165, 1.54) is 0 Å². The minimum absolute atomic E-state index is 0.140. The fraction of sp³-hybridized carbons (Fsp3) is 0.353. The van der Waals surface area contributed by atoms with Crippen LogP contribution in [0.4, 0.5) is 18.9 Å². The van der Waals surface area contributed by atoms with Gasteiger partial charge in [0.2, 0.25) is 5.91 Å². The highest BCUT2D eigenvalue weighted by molar-refractivity contribution is 7.99. The first-order chi connectivity index (χ1) is 12.8. The second-order valence-corrected chi connectivity index (χ2v) is 6.65. The Labute approximate surface area is 158 Å². The zero-order valence-electron chi connectivity index (χ0n) is 14.5. The van der Waals surface area contributed by atoms with Crippen LogP contribution < -0.4 is 15.8 Å². The molecule has 0 bridgehead atoms. The Morgan fingerprint density at radius 3 is 2.67 bits per heavy atom. The Kier molecular flexibility index (Phi) is 7.28. The standard InChI is InChI=1S/C17H19F3N4O2S/c1-24(12-6-3-2-4-7-12)9-5-8-21-15(26)11-27-16-22-13(17(18,19)20)10-14(25)23-16/h2-4,6-7,10H,5,8-9,11H2,1H3,(H,21,26)(H,22,23,25). The number of para-hydroxylation sites is 1. The molecule has 0 aliphatic heterocycles. The molecule has 0 saturated carbocycles. The highest BCUT2D eigenvalue weighted by Crippen LogP contribution is 2.27. The maximum absolute atomic E-state index is 12.6. The van der Waals surface area contributed by atoms with Crippen molar-refractivity contribution in [3.63, 3.8) is 0 Å². The summed E-state index contributed by atoms with van der Waals surface area (Å²) in [6, 6.07) is 10.2. The zero-order valence-corrected chi connectivity index (χ0v) is 15.4. The van der Waals surface area contributed by atoms with E-state index in [4.69, 9.17) is 0 Å². The van der Waals surface area contributed by atoms with Crippen LogP contribution in [0.5, 0.6) is 0 Å². The fourth-order valence-electron chi connectivity index (χ4n) is 2.19.